The zero-order chi connectivity index (χ0) is 70.1. The lowest BCUT2D eigenvalue weighted by atomic mass is 10.2. The van der Waals surface area contributed by atoms with Gasteiger partial charge in [-0.15, -0.1) is 54.8 Å². The van der Waals surface area contributed by atoms with Gasteiger partial charge in [-0.3, -0.25) is 0 Å². The average Bonchev–Trinajstić information content (AvgIpc) is 1.61. The monoisotopic (exact) mass is 1430 g/mol. The smallest absolute Gasteiger partial charge is 0.406 e. The fourth-order valence-electron chi connectivity index (χ4n) is 10.2. The Labute approximate surface area is 564 Å². The molecule has 37 heteroatoms. The summed E-state index contributed by atoms with van der Waals surface area (Å²) in [5, 5.41) is 40.6. The van der Waals surface area contributed by atoms with E-state index < -0.39 is 19.1 Å². The molecule has 98 heavy (non-hydrogen) atoms. The molecule has 0 radical (unpaired) electrons. The number of aliphatic hydroxyl groups excluding tert-OH is 2. The number of aliphatic hydroxyl groups is 2. The second-order valence-corrected chi connectivity index (χ2v) is 22.8. The highest BCUT2D eigenvalue weighted by molar-refractivity contribution is 6.34. The first-order valence-corrected chi connectivity index (χ1v) is 30.5. The van der Waals surface area contributed by atoms with Gasteiger partial charge in [-0.2, -0.15) is 9.97 Å². The zero-order valence-electron chi connectivity index (χ0n) is 51.6. The van der Waals surface area contributed by atoms with Crippen LogP contribution in [0.5, 0.6) is 17.2 Å². The van der Waals surface area contributed by atoms with Crippen molar-refractivity contribution in [1.82, 2.24) is 77.8 Å². The summed E-state index contributed by atoms with van der Waals surface area (Å²) in [6.07, 6.45) is 4.39. The Morgan fingerprint density at radius 3 is 1.44 bits per heavy atom. The predicted octanol–water partition coefficient (Wildman–Crippen LogP) is 12.8. The van der Waals surface area contributed by atoms with Crippen LogP contribution in [0.25, 0.3) is 33.6 Å². The largest absolute Gasteiger partial charge is 0.573 e. The number of anilines is 6. The fraction of sp³-hybridized carbons (Fsp3) is 0.262. The number of rotatable bonds is 13. The van der Waals surface area contributed by atoms with Crippen LogP contribution in [0.15, 0.2) is 147 Å². The zero-order valence-corrected chi connectivity index (χ0v) is 53.8. The summed E-state index contributed by atoms with van der Waals surface area (Å²) in [6.45, 7) is 7.21. The molecular weight excluding hydrogens is 1370 g/mol. The van der Waals surface area contributed by atoms with Gasteiger partial charge in [-0.05, 0) is 166 Å². The Morgan fingerprint density at radius 2 is 1.00 bits per heavy atom. The number of fused-ring (bicyclic) bond motifs is 3. The molecule has 9 aromatic heterocycles. The first kappa shape index (κ1) is 70.7. The van der Waals surface area contributed by atoms with Gasteiger partial charge in [-0.25, -0.2) is 33.5 Å². The number of hydrogen-bond acceptors (Lipinski definition) is 19. The lowest BCUT2D eigenvalue weighted by Gasteiger charge is -2.23. The maximum atomic E-state index is 12.7. The van der Waals surface area contributed by atoms with Crippen LogP contribution in [0.2, 0.25) is 15.7 Å². The minimum atomic E-state index is -4.77. The van der Waals surface area contributed by atoms with Crippen molar-refractivity contribution in [2.75, 3.05) is 47.6 Å². The van der Waals surface area contributed by atoms with Crippen molar-refractivity contribution in [1.29, 1.82) is 0 Å². The van der Waals surface area contributed by atoms with Gasteiger partial charge in [-0.1, -0.05) is 11.6 Å². The normalized spacial score (nSPS) is 14.6. The Hall–Kier alpha value is -10.1. The maximum absolute atomic E-state index is 12.7. The van der Waals surface area contributed by atoms with Gasteiger partial charge < -0.3 is 64.7 Å². The van der Waals surface area contributed by atoms with Crippen LogP contribution in [0, 0.1) is 20.8 Å². The van der Waals surface area contributed by atoms with Gasteiger partial charge in [0.2, 0.25) is 16.5 Å². The molecule has 2 atom stereocenters. The molecule has 516 valence electrons. The van der Waals surface area contributed by atoms with E-state index in [0.29, 0.717) is 86.3 Å². The third-order valence-electron chi connectivity index (χ3n) is 14.3. The predicted molar refractivity (Wildman–Crippen MR) is 345 cm³/mol. The fourth-order valence-corrected chi connectivity index (χ4v) is 10.8. The Morgan fingerprint density at radius 1 is 0.551 bits per heavy atom. The van der Waals surface area contributed by atoms with E-state index in [9.17, 15) is 44.6 Å². The number of halogens is 12. The van der Waals surface area contributed by atoms with E-state index in [1.165, 1.54) is 72.6 Å². The molecule has 0 aliphatic carbocycles. The number of nitrogens with one attached hydrogen (secondary N) is 3. The number of nitrogens with two attached hydrogens (primary N) is 1. The van der Waals surface area contributed by atoms with Crippen molar-refractivity contribution in [2.24, 2.45) is 0 Å². The molecule has 2 saturated heterocycles. The first-order valence-electron chi connectivity index (χ1n) is 29.4. The van der Waals surface area contributed by atoms with Crippen LogP contribution >= 0.6 is 34.8 Å². The molecule has 0 bridgehead atoms. The van der Waals surface area contributed by atoms with Crippen molar-refractivity contribution in [3.63, 3.8) is 0 Å². The molecule has 0 unspecified atom stereocenters. The molecule has 2 fully saturated rings. The van der Waals surface area contributed by atoms with E-state index in [1.807, 2.05) is 35.4 Å². The summed E-state index contributed by atoms with van der Waals surface area (Å²) in [5.74, 6) is 1.75. The number of benzene rings is 3. The number of imidazole rings is 3. The average molecular weight is 1430 g/mol. The lowest BCUT2D eigenvalue weighted by molar-refractivity contribution is -0.275. The molecule has 0 amide bonds. The van der Waals surface area contributed by atoms with E-state index in [-0.39, 0.29) is 46.3 Å². The van der Waals surface area contributed by atoms with Crippen molar-refractivity contribution in [3.05, 3.63) is 180 Å². The molecular formula is C61H58Cl3F9N20O5. The van der Waals surface area contributed by atoms with Gasteiger partial charge in [0.05, 0.1) is 54.9 Å². The van der Waals surface area contributed by atoms with E-state index >= 15 is 0 Å². The number of nitrogen functional groups attached to an aromatic ring is 1. The molecule has 0 spiro atoms. The number of hydrogen-bond donors (Lipinski definition) is 6. The summed E-state index contributed by atoms with van der Waals surface area (Å²) < 4.78 is 133. The van der Waals surface area contributed by atoms with Crippen molar-refractivity contribution < 1.29 is 63.9 Å². The molecule has 2 aliphatic rings. The van der Waals surface area contributed by atoms with Crippen LogP contribution in [0.4, 0.5) is 74.6 Å². The van der Waals surface area contributed by atoms with Gasteiger partial charge in [0.15, 0.2) is 16.8 Å². The molecule has 25 nitrogen and oxygen atoms in total. The first-order chi connectivity index (χ1) is 46.6. The third-order valence-corrected chi connectivity index (χ3v) is 14.9. The van der Waals surface area contributed by atoms with Gasteiger partial charge in [0, 0.05) is 49.4 Å². The summed E-state index contributed by atoms with van der Waals surface area (Å²) in [5.41, 5.74) is 10.9. The molecule has 14 rings (SSSR count). The lowest BCUT2D eigenvalue weighted by Crippen LogP contribution is -2.34. The molecule has 3 aromatic carbocycles. The molecule has 0 saturated carbocycles. The minimum Gasteiger partial charge on any atom is -0.406 e. The number of alkyl halides is 9. The van der Waals surface area contributed by atoms with Crippen LogP contribution in [0.1, 0.15) is 42.4 Å². The summed E-state index contributed by atoms with van der Waals surface area (Å²) in [7, 11) is 0. The highest BCUT2D eigenvalue weighted by Crippen LogP contribution is 2.32. The maximum Gasteiger partial charge on any atom is 0.573 e. The second kappa shape index (κ2) is 30.5. The summed E-state index contributed by atoms with van der Waals surface area (Å²) in [4.78, 5) is 26.9. The van der Waals surface area contributed by atoms with Crippen LogP contribution in [0.3, 0.4) is 0 Å². The SMILES string of the molecule is Cc1cc(OC(F)(F)F)cc(-n2cnc(N)c2)c1.Cc1cc(OC(F)(F)F)cc(-n2cnc(Nc3nc(Cl)nn4cccc34)c2)c1.Cc1cc(OC(F)(F)F)cc(-n2cnc(Nc3nc(N4CCC[C@H]4CO)nn4cccc34)c2)c1.Clc1nc(Cl)c2cccn2n1.OC[C@@H]1CCCN1. The minimum absolute atomic E-state index is 0.0246. The van der Waals surface area contributed by atoms with Crippen LogP contribution in [-0.4, -0.2) is 140 Å². The van der Waals surface area contributed by atoms with Crippen molar-refractivity contribution in [2.45, 2.75) is 77.6 Å². The van der Waals surface area contributed by atoms with Gasteiger partial charge in [0.1, 0.15) is 70.2 Å². The van der Waals surface area contributed by atoms with Crippen LogP contribution in [-0.2, 0) is 0 Å². The highest BCUT2D eigenvalue weighted by atomic mass is 35.5. The van der Waals surface area contributed by atoms with Crippen molar-refractivity contribution >= 4 is 86.4 Å². The standard InChI is InChI=1S/C22H22F3N7O2.C17H12ClF3N6O.C11H10F3N3O.C6H3Cl2N3.C5H11NO/c1-14-8-16(10-17(9-14)34-22(23,24)25)30-11-19(26-13-30)27-20-18-5-3-7-32(18)29-21(28-20)31-6-2-4-15(31)12-33;1-10-5-11(7-12(6-10)28-17(19,20)21)26-8-14(22-9-26)23-15-13-3-2-4-27(13)25-16(18)24-15;1-7-2-8(17-5-10(15)16-6-17)4-9(3-7)18-11(12,13)14;7-5-4-2-1-3-11(4)10-6(8)9-5;7-4-5-2-1-3-6-5/h3,5,7-11,13,15,33H,2,4,6,12H2,1H3,(H,27,28,29);2-9H,1H3,(H,23,24,25);2-6H,15H2,1H3;1-3H;5-7H,1-4H2/t15-;;;;5-/m0...0/s1. The van der Waals surface area contributed by atoms with E-state index in [2.05, 4.69) is 75.4 Å². The van der Waals surface area contributed by atoms with E-state index in [0.717, 1.165) is 43.4 Å². The number of ether oxygens (including phenoxy) is 3. The van der Waals surface area contributed by atoms with Crippen molar-refractivity contribution in [3.8, 4) is 34.3 Å². The Kier molecular flexibility index (Phi) is 22.0. The summed E-state index contributed by atoms with van der Waals surface area (Å²) >= 11 is 17.2. The second-order valence-electron chi connectivity index (χ2n) is 21.8. The van der Waals surface area contributed by atoms with Gasteiger partial charge in [0.25, 0.3) is 0 Å². The topological polar surface area (TPSA) is 278 Å². The number of aromatic nitrogens is 15. The number of nitrogens with zero attached hydrogens (tertiary/aromatic N) is 16. The Bertz CT molecular complexity index is 4660. The van der Waals surface area contributed by atoms with Gasteiger partial charge >= 0.3 is 19.1 Å². The molecule has 2 aliphatic heterocycles. The molecule has 7 N–H and O–H groups in total. The number of aryl methyl sites for hydroxylation is 3. The van der Waals surface area contributed by atoms with Crippen LogP contribution < -0.4 is 40.8 Å². The quantitative estimate of drug-likeness (QED) is 0.0585. The summed E-state index contributed by atoms with van der Waals surface area (Å²) in [6, 6.07) is 24.2. The van der Waals surface area contributed by atoms with E-state index in [4.69, 9.17) is 45.6 Å². The van der Waals surface area contributed by atoms with E-state index in [1.54, 1.807) is 98.6 Å². The highest BCUT2D eigenvalue weighted by Gasteiger charge is 2.34. The molecule has 11 heterocycles. The third kappa shape index (κ3) is 19.3. The molecule has 12 aromatic rings. The Balaban J connectivity index is 0.000000145.